The van der Waals surface area contributed by atoms with Crippen LogP contribution in [0.3, 0.4) is 0 Å². The molecule has 4 rings (SSSR count). The van der Waals surface area contributed by atoms with Crippen LogP contribution in [-0.4, -0.2) is 53.6 Å². The molecule has 0 spiro atoms. The SMILES string of the molecule is Cc1ccc(C(C)C)c(OCC(=O)N2CCN(c3nc4ccccc4nc3C)CC2)c1. The van der Waals surface area contributed by atoms with Crippen molar-refractivity contribution in [1.29, 1.82) is 0 Å². The third-order valence-corrected chi connectivity index (χ3v) is 5.79. The molecule has 0 saturated carbocycles. The highest BCUT2D eigenvalue weighted by atomic mass is 16.5. The molecule has 0 N–H and O–H groups in total. The molecule has 0 atom stereocenters. The lowest BCUT2D eigenvalue weighted by Gasteiger charge is -2.35. The number of piperazine rings is 1. The molecular formula is C25H30N4O2. The summed E-state index contributed by atoms with van der Waals surface area (Å²) in [7, 11) is 0. The van der Waals surface area contributed by atoms with E-state index in [1.54, 1.807) is 0 Å². The number of ether oxygens (including phenoxy) is 1. The van der Waals surface area contributed by atoms with E-state index in [-0.39, 0.29) is 12.5 Å². The number of nitrogens with zero attached hydrogens (tertiary/aromatic N) is 4. The fourth-order valence-electron chi connectivity index (χ4n) is 4.02. The van der Waals surface area contributed by atoms with Crippen molar-refractivity contribution in [1.82, 2.24) is 14.9 Å². The predicted octanol–water partition coefficient (Wildman–Crippen LogP) is 4.10. The summed E-state index contributed by atoms with van der Waals surface area (Å²) in [6, 6.07) is 14.1. The van der Waals surface area contributed by atoms with Crippen molar-refractivity contribution in [3.63, 3.8) is 0 Å². The van der Waals surface area contributed by atoms with Gasteiger partial charge < -0.3 is 14.5 Å². The quantitative estimate of drug-likeness (QED) is 0.624. The van der Waals surface area contributed by atoms with E-state index >= 15 is 0 Å². The minimum atomic E-state index is 0.0252. The largest absolute Gasteiger partial charge is 0.483 e. The van der Waals surface area contributed by atoms with Gasteiger partial charge in [0.2, 0.25) is 0 Å². The molecule has 1 aromatic heterocycles. The summed E-state index contributed by atoms with van der Waals surface area (Å²) >= 11 is 0. The second-order valence-electron chi connectivity index (χ2n) is 8.47. The van der Waals surface area contributed by atoms with Gasteiger partial charge in [-0.25, -0.2) is 9.97 Å². The van der Waals surface area contributed by atoms with E-state index < -0.39 is 0 Å². The first kappa shape index (κ1) is 21.1. The molecule has 2 aromatic carbocycles. The highest BCUT2D eigenvalue weighted by Gasteiger charge is 2.24. The van der Waals surface area contributed by atoms with Gasteiger partial charge in [-0.15, -0.1) is 0 Å². The van der Waals surface area contributed by atoms with Crippen molar-refractivity contribution in [3.05, 3.63) is 59.3 Å². The van der Waals surface area contributed by atoms with Gasteiger partial charge in [0, 0.05) is 26.2 Å². The average Bonchev–Trinajstić information content (AvgIpc) is 2.77. The molecule has 1 saturated heterocycles. The molecule has 3 aromatic rings. The number of rotatable bonds is 5. The summed E-state index contributed by atoms with van der Waals surface area (Å²) in [5.41, 5.74) is 4.99. The number of benzene rings is 2. The summed E-state index contributed by atoms with van der Waals surface area (Å²) < 4.78 is 5.95. The monoisotopic (exact) mass is 418 g/mol. The highest BCUT2D eigenvalue weighted by Crippen LogP contribution is 2.27. The molecule has 1 aliphatic heterocycles. The molecule has 6 nitrogen and oxygen atoms in total. The fourth-order valence-corrected chi connectivity index (χ4v) is 4.02. The normalized spacial score (nSPS) is 14.4. The van der Waals surface area contributed by atoms with Crippen LogP contribution in [-0.2, 0) is 4.79 Å². The van der Waals surface area contributed by atoms with Gasteiger partial charge in [-0.1, -0.05) is 38.1 Å². The molecule has 0 radical (unpaired) electrons. The number of fused-ring (bicyclic) bond motifs is 1. The molecular weight excluding hydrogens is 388 g/mol. The number of para-hydroxylation sites is 2. The van der Waals surface area contributed by atoms with Crippen LogP contribution >= 0.6 is 0 Å². The van der Waals surface area contributed by atoms with Crippen molar-refractivity contribution < 1.29 is 9.53 Å². The van der Waals surface area contributed by atoms with Gasteiger partial charge in [-0.05, 0) is 49.1 Å². The average molecular weight is 419 g/mol. The molecule has 0 bridgehead atoms. The summed E-state index contributed by atoms with van der Waals surface area (Å²) in [5, 5.41) is 0. The highest BCUT2D eigenvalue weighted by molar-refractivity contribution is 5.79. The van der Waals surface area contributed by atoms with Gasteiger partial charge >= 0.3 is 0 Å². The Labute approximate surface area is 183 Å². The molecule has 0 aliphatic carbocycles. The molecule has 1 amide bonds. The van der Waals surface area contributed by atoms with E-state index in [0.717, 1.165) is 52.5 Å². The summed E-state index contributed by atoms with van der Waals surface area (Å²) in [6.07, 6.45) is 0. The minimum Gasteiger partial charge on any atom is -0.483 e. The van der Waals surface area contributed by atoms with Crippen molar-refractivity contribution in [3.8, 4) is 5.75 Å². The number of carbonyl (C=O) groups is 1. The number of amides is 1. The van der Waals surface area contributed by atoms with Gasteiger partial charge in [-0.3, -0.25) is 4.79 Å². The first-order valence-corrected chi connectivity index (χ1v) is 10.9. The maximum Gasteiger partial charge on any atom is 0.260 e. The van der Waals surface area contributed by atoms with Crippen LogP contribution in [0.15, 0.2) is 42.5 Å². The van der Waals surface area contributed by atoms with Crippen molar-refractivity contribution in [2.45, 2.75) is 33.6 Å². The lowest BCUT2D eigenvalue weighted by atomic mass is 10.0. The standard InChI is InChI=1S/C25H30N4O2/c1-17(2)20-10-9-18(3)15-23(20)31-16-24(30)28-11-13-29(14-12-28)25-19(4)26-21-7-5-6-8-22(21)27-25/h5-10,15,17H,11-14,16H2,1-4H3. The second-order valence-corrected chi connectivity index (χ2v) is 8.47. The van der Waals surface area contributed by atoms with E-state index in [9.17, 15) is 4.79 Å². The van der Waals surface area contributed by atoms with Crippen LogP contribution in [0, 0.1) is 13.8 Å². The Bertz CT molecular complexity index is 1090. The summed E-state index contributed by atoms with van der Waals surface area (Å²) in [5.74, 6) is 2.09. The van der Waals surface area contributed by atoms with E-state index in [1.807, 2.05) is 49.1 Å². The van der Waals surface area contributed by atoms with Crippen LogP contribution in [0.2, 0.25) is 0 Å². The van der Waals surface area contributed by atoms with E-state index in [1.165, 1.54) is 0 Å². The van der Waals surface area contributed by atoms with Gasteiger partial charge in [0.15, 0.2) is 12.4 Å². The van der Waals surface area contributed by atoms with E-state index in [4.69, 9.17) is 14.7 Å². The third-order valence-electron chi connectivity index (χ3n) is 5.79. The van der Waals surface area contributed by atoms with Crippen molar-refractivity contribution in [2.24, 2.45) is 0 Å². The number of hydrogen-bond acceptors (Lipinski definition) is 5. The number of carbonyl (C=O) groups excluding carboxylic acids is 1. The third kappa shape index (κ3) is 4.63. The summed E-state index contributed by atoms with van der Waals surface area (Å²) in [4.78, 5) is 26.4. The van der Waals surface area contributed by atoms with Crippen molar-refractivity contribution in [2.75, 3.05) is 37.7 Å². The summed E-state index contributed by atoms with van der Waals surface area (Å²) in [6.45, 7) is 11.2. The van der Waals surface area contributed by atoms with E-state index in [0.29, 0.717) is 19.0 Å². The van der Waals surface area contributed by atoms with Crippen molar-refractivity contribution >= 4 is 22.8 Å². The number of aryl methyl sites for hydroxylation is 2. The zero-order valence-corrected chi connectivity index (χ0v) is 18.8. The Morgan fingerprint density at radius 3 is 2.35 bits per heavy atom. The molecule has 2 heterocycles. The van der Waals surface area contributed by atoms with Crippen LogP contribution < -0.4 is 9.64 Å². The van der Waals surface area contributed by atoms with Crippen LogP contribution in [0.1, 0.15) is 36.6 Å². The first-order chi connectivity index (χ1) is 14.9. The minimum absolute atomic E-state index is 0.0252. The Morgan fingerprint density at radius 2 is 1.68 bits per heavy atom. The number of hydrogen-bond donors (Lipinski definition) is 0. The number of anilines is 1. The Kier molecular flexibility index (Phi) is 6.07. The maximum absolute atomic E-state index is 12.8. The Balaban J connectivity index is 1.38. The number of aromatic nitrogens is 2. The van der Waals surface area contributed by atoms with Gasteiger partial charge in [-0.2, -0.15) is 0 Å². The van der Waals surface area contributed by atoms with Gasteiger partial charge in [0.25, 0.3) is 5.91 Å². The van der Waals surface area contributed by atoms with Crippen LogP contribution in [0.4, 0.5) is 5.82 Å². The Morgan fingerprint density at radius 1 is 1.00 bits per heavy atom. The predicted molar refractivity (Wildman–Crippen MR) is 124 cm³/mol. The van der Waals surface area contributed by atoms with Gasteiger partial charge in [0.05, 0.1) is 16.7 Å². The van der Waals surface area contributed by atoms with Gasteiger partial charge in [0.1, 0.15) is 5.75 Å². The molecule has 1 fully saturated rings. The van der Waals surface area contributed by atoms with E-state index in [2.05, 4.69) is 30.9 Å². The zero-order valence-electron chi connectivity index (χ0n) is 18.8. The smallest absolute Gasteiger partial charge is 0.260 e. The molecule has 162 valence electrons. The molecule has 1 aliphatic rings. The second kappa shape index (κ2) is 8.92. The lowest BCUT2D eigenvalue weighted by Crippen LogP contribution is -2.50. The molecule has 6 heteroatoms. The lowest BCUT2D eigenvalue weighted by molar-refractivity contribution is -0.133. The molecule has 0 unspecified atom stereocenters. The molecule has 31 heavy (non-hydrogen) atoms. The fraction of sp³-hybridized carbons (Fsp3) is 0.400. The van der Waals surface area contributed by atoms with Crippen LogP contribution in [0.25, 0.3) is 11.0 Å². The topological polar surface area (TPSA) is 58.6 Å². The first-order valence-electron chi connectivity index (χ1n) is 10.9. The van der Waals surface area contributed by atoms with Crippen LogP contribution in [0.5, 0.6) is 5.75 Å². The Hall–Kier alpha value is -3.15. The maximum atomic E-state index is 12.8. The zero-order chi connectivity index (χ0) is 22.0.